The molecule has 150 valence electrons. The fourth-order valence-electron chi connectivity index (χ4n) is 2.15. The van der Waals surface area contributed by atoms with Crippen LogP contribution < -0.4 is 19.6 Å². The van der Waals surface area contributed by atoms with Crippen molar-refractivity contribution in [3.8, 4) is 17.2 Å². The second-order valence-corrected chi connectivity index (χ2v) is 6.85. The van der Waals surface area contributed by atoms with Crippen molar-refractivity contribution >= 4 is 28.1 Å². The maximum absolute atomic E-state index is 11.9. The quantitative estimate of drug-likeness (QED) is 0.404. The summed E-state index contributed by atoms with van der Waals surface area (Å²) in [5.41, 5.74) is 3.21. The van der Waals surface area contributed by atoms with E-state index in [2.05, 4.69) is 33.4 Å². The van der Waals surface area contributed by atoms with E-state index in [-0.39, 0.29) is 12.5 Å². The Morgan fingerprint density at radius 1 is 1.00 bits per heavy atom. The van der Waals surface area contributed by atoms with Crippen molar-refractivity contribution in [1.29, 1.82) is 0 Å². The molecule has 0 aliphatic rings. The average molecular weight is 449 g/mol. The van der Waals surface area contributed by atoms with E-state index in [1.165, 1.54) is 0 Å². The number of ether oxygens (including phenoxy) is 3. The monoisotopic (exact) mass is 448 g/mol. The molecule has 0 aliphatic heterocycles. The Kier molecular flexibility index (Phi) is 9.34. The second-order valence-electron chi connectivity index (χ2n) is 5.93. The van der Waals surface area contributed by atoms with Crippen LogP contribution in [0.15, 0.2) is 52.0 Å². The van der Waals surface area contributed by atoms with Crippen LogP contribution in [0, 0.1) is 0 Å². The van der Waals surface area contributed by atoms with Gasteiger partial charge in [-0.2, -0.15) is 5.10 Å². The molecule has 0 bridgehead atoms. The Morgan fingerprint density at radius 3 is 2.39 bits per heavy atom. The topological polar surface area (TPSA) is 69.2 Å². The molecule has 0 spiro atoms. The number of halogens is 1. The molecule has 0 unspecified atom stereocenters. The highest BCUT2D eigenvalue weighted by Gasteiger charge is 2.06. The van der Waals surface area contributed by atoms with Gasteiger partial charge in [-0.1, -0.05) is 29.8 Å². The maximum atomic E-state index is 11.9. The molecule has 2 aromatic rings. The van der Waals surface area contributed by atoms with E-state index in [0.29, 0.717) is 24.7 Å². The fourth-order valence-corrected chi connectivity index (χ4v) is 2.42. The highest BCUT2D eigenvalue weighted by atomic mass is 79.9. The van der Waals surface area contributed by atoms with Crippen LogP contribution in [0.1, 0.15) is 32.3 Å². The summed E-state index contributed by atoms with van der Waals surface area (Å²) in [4.78, 5) is 11.9. The Bertz CT molecular complexity index is 778. The summed E-state index contributed by atoms with van der Waals surface area (Å²) >= 11 is 3.35. The predicted octanol–water partition coefficient (Wildman–Crippen LogP) is 4.56. The van der Waals surface area contributed by atoms with Crippen molar-refractivity contribution in [2.24, 2.45) is 5.10 Å². The Hall–Kier alpha value is -2.54. The number of nitrogens with zero attached hydrogens (tertiary/aromatic N) is 1. The number of hydrogen-bond donors (Lipinski definition) is 1. The van der Waals surface area contributed by atoms with Crippen LogP contribution in [0.5, 0.6) is 17.2 Å². The SMILES string of the molecule is CCCOc1ccc(C=NNC(=O)COc2ccc(Br)cc2)c(OCCC)c1. The Balaban J connectivity index is 1.91. The summed E-state index contributed by atoms with van der Waals surface area (Å²) in [5.74, 6) is 1.68. The van der Waals surface area contributed by atoms with E-state index in [9.17, 15) is 4.79 Å². The molecule has 1 amide bonds. The Labute approximate surface area is 174 Å². The minimum Gasteiger partial charge on any atom is -0.493 e. The normalized spacial score (nSPS) is 10.7. The molecule has 28 heavy (non-hydrogen) atoms. The van der Waals surface area contributed by atoms with Crippen molar-refractivity contribution in [2.75, 3.05) is 19.8 Å². The average Bonchev–Trinajstić information content (AvgIpc) is 2.71. The fraction of sp³-hybridized carbons (Fsp3) is 0.333. The van der Waals surface area contributed by atoms with Crippen molar-refractivity contribution < 1.29 is 19.0 Å². The standard InChI is InChI=1S/C21H25BrN2O4/c1-3-11-26-19-8-5-16(20(13-19)27-12-4-2)14-23-24-21(25)15-28-18-9-6-17(22)7-10-18/h5-10,13-14H,3-4,11-12,15H2,1-2H3,(H,24,25). The van der Waals surface area contributed by atoms with Crippen molar-refractivity contribution in [1.82, 2.24) is 5.43 Å². The van der Waals surface area contributed by atoms with E-state index in [4.69, 9.17) is 14.2 Å². The number of nitrogens with one attached hydrogen (secondary N) is 1. The van der Waals surface area contributed by atoms with Crippen LogP contribution in [0.4, 0.5) is 0 Å². The molecular formula is C21H25BrN2O4. The van der Waals surface area contributed by atoms with Crippen molar-refractivity contribution in [3.05, 3.63) is 52.5 Å². The first-order chi connectivity index (χ1) is 13.6. The van der Waals surface area contributed by atoms with Crippen LogP contribution in [0.2, 0.25) is 0 Å². The number of rotatable bonds is 11. The number of hydrogen-bond acceptors (Lipinski definition) is 5. The van der Waals surface area contributed by atoms with Gasteiger partial charge in [0, 0.05) is 16.1 Å². The largest absolute Gasteiger partial charge is 0.493 e. The van der Waals surface area contributed by atoms with Gasteiger partial charge in [-0.15, -0.1) is 0 Å². The first kappa shape index (κ1) is 21.8. The van der Waals surface area contributed by atoms with Crippen LogP contribution in [0.25, 0.3) is 0 Å². The summed E-state index contributed by atoms with van der Waals surface area (Å²) in [7, 11) is 0. The van der Waals surface area contributed by atoms with Gasteiger partial charge in [-0.05, 0) is 49.2 Å². The smallest absolute Gasteiger partial charge is 0.277 e. The number of benzene rings is 2. The summed E-state index contributed by atoms with van der Waals surface area (Å²) in [6.45, 7) is 5.21. The van der Waals surface area contributed by atoms with Crippen molar-refractivity contribution in [2.45, 2.75) is 26.7 Å². The van der Waals surface area contributed by atoms with Crippen LogP contribution in [-0.2, 0) is 4.79 Å². The second kappa shape index (κ2) is 12.0. The highest BCUT2D eigenvalue weighted by Crippen LogP contribution is 2.24. The molecule has 2 rings (SSSR count). The van der Waals surface area contributed by atoms with E-state index < -0.39 is 0 Å². The molecule has 6 nitrogen and oxygen atoms in total. The zero-order chi connectivity index (χ0) is 20.2. The molecule has 7 heteroatoms. The lowest BCUT2D eigenvalue weighted by Gasteiger charge is -2.11. The molecule has 2 aromatic carbocycles. The minimum absolute atomic E-state index is 0.123. The zero-order valence-electron chi connectivity index (χ0n) is 16.1. The van der Waals surface area contributed by atoms with Gasteiger partial charge < -0.3 is 14.2 Å². The third-order valence-corrected chi connectivity index (χ3v) is 4.02. The molecule has 0 atom stereocenters. The third-order valence-electron chi connectivity index (χ3n) is 3.50. The summed E-state index contributed by atoms with van der Waals surface area (Å²) in [6.07, 6.45) is 3.37. The number of hydrazone groups is 1. The van der Waals surface area contributed by atoms with Crippen LogP contribution >= 0.6 is 15.9 Å². The van der Waals surface area contributed by atoms with Gasteiger partial charge in [0.2, 0.25) is 0 Å². The summed E-state index contributed by atoms with van der Waals surface area (Å²) in [5, 5.41) is 4.00. The molecule has 0 heterocycles. The van der Waals surface area contributed by atoms with Gasteiger partial charge in [-0.3, -0.25) is 4.79 Å². The molecule has 0 aromatic heterocycles. The van der Waals surface area contributed by atoms with Crippen molar-refractivity contribution in [3.63, 3.8) is 0 Å². The van der Waals surface area contributed by atoms with Gasteiger partial charge in [0.05, 0.1) is 19.4 Å². The van der Waals surface area contributed by atoms with Gasteiger partial charge in [0.1, 0.15) is 17.2 Å². The minimum atomic E-state index is -0.349. The first-order valence-corrected chi connectivity index (χ1v) is 10.0. The zero-order valence-corrected chi connectivity index (χ0v) is 17.7. The molecule has 0 saturated heterocycles. The summed E-state index contributed by atoms with van der Waals surface area (Å²) in [6, 6.07) is 12.8. The van der Waals surface area contributed by atoms with E-state index in [1.54, 1.807) is 18.3 Å². The third kappa shape index (κ3) is 7.60. The van der Waals surface area contributed by atoms with Gasteiger partial charge >= 0.3 is 0 Å². The highest BCUT2D eigenvalue weighted by molar-refractivity contribution is 9.10. The molecule has 0 saturated carbocycles. The molecule has 1 N–H and O–H groups in total. The van der Waals surface area contributed by atoms with Gasteiger partial charge in [0.25, 0.3) is 5.91 Å². The summed E-state index contributed by atoms with van der Waals surface area (Å²) < 4.78 is 17.8. The molecule has 0 fully saturated rings. The van der Waals surface area contributed by atoms with Gasteiger partial charge in [-0.25, -0.2) is 5.43 Å². The Morgan fingerprint density at radius 2 is 1.68 bits per heavy atom. The lowest BCUT2D eigenvalue weighted by atomic mass is 10.2. The first-order valence-electron chi connectivity index (χ1n) is 9.22. The maximum Gasteiger partial charge on any atom is 0.277 e. The van der Waals surface area contributed by atoms with E-state index in [1.807, 2.05) is 37.3 Å². The molecular weight excluding hydrogens is 424 g/mol. The molecule has 0 aliphatic carbocycles. The lowest BCUT2D eigenvalue weighted by molar-refractivity contribution is -0.123. The van der Waals surface area contributed by atoms with Gasteiger partial charge in [0.15, 0.2) is 6.61 Å². The molecule has 0 radical (unpaired) electrons. The van der Waals surface area contributed by atoms with Crippen LogP contribution in [0.3, 0.4) is 0 Å². The number of carbonyl (C=O) groups is 1. The number of carbonyl (C=O) groups excluding carboxylic acids is 1. The lowest BCUT2D eigenvalue weighted by Crippen LogP contribution is -2.24. The van der Waals surface area contributed by atoms with E-state index >= 15 is 0 Å². The number of amides is 1. The predicted molar refractivity (Wildman–Crippen MR) is 113 cm³/mol. The van der Waals surface area contributed by atoms with E-state index in [0.717, 1.165) is 28.6 Å². The van der Waals surface area contributed by atoms with Crippen LogP contribution in [-0.4, -0.2) is 31.9 Å².